The van der Waals surface area contributed by atoms with Gasteiger partial charge in [0, 0.05) is 46.6 Å². The van der Waals surface area contributed by atoms with E-state index in [1.54, 1.807) is 6.20 Å². The van der Waals surface area contributed by atoms with Crippen LogP contribution in [0.1, 0.15) is 18.1 Å². The number of aromatic amines is 1. The molecular formula is C27H24Cl2N4. The van der Waals surface area contributed by atoms with Crippen LogP contribution in [0.2, 0.25) is 10.0 Å². The van der Waals surface area contributed by atoms with E-state index in [1.165, 1.54) is 22.0 Å². The number of hydrogen-bond donors (Lipinski definition) is 3. The molecule has 3 aromatic carbocycles. The Kier molecular flexibility index (Phi) is 6.12. The molecule has 0 saturated carbocycles. The summed E-state index contributed by atoms with van der Waals surface area (Å²) in [6, 6.07) is 20.3. The quantitative estimate of drug-likeness (QED) is 0.224. The van der Waals surface area contributed by atoms with Crippen molar-refractivity contribution >= 4 is 62.1 Å². The summed E-state index contributed by atoms with van der Waals surface area (Å²) in [7, 11) is 0. The van der Waals surface area contributed by atoms with Gasteiger partial charge in [0.1, 0.15) is 0 Å². The summed E-state index contributed by atoms with van der Waals surface area (Å²) in [5.74, 6) is 0. The highest BCUT2D eigenvalue weighted by Gasteiger charge is 2.11. The first-order chi connectivity index (χ1) is 16.1. The van der Waals surface area contributed by atoms with Crippen molar-refractivity contribution in [2.45, 2.75) is 19.8 Å². The zero-order chi connectivity index (χ0) is 22.8. The van der Waals surface area contributed by atoms with Gasteiger partial charge in [-0.15, -0.1) is 0 Å². The number of rotatable bonds is 7. The molecule has 6 heteroatoms. The molecule has 2 aromatic heterocycles. The highest BCUT2D eigenvalue weighted by atomic mass is 35.5. The fraction of sp³-hybridized carbons (Fsp3) is 0.148. The van der Waals surface area contributed by atoms with Crippen molar-refractivity contribution < 1.29 is 0 Å². The van der Waals surface area contributed by atoms with Crippen molar-refractivity contribution in [2.75, 3.05) is 17.2 Å². The summed E-state index contributed by atoms with van der Waals surface area (Å²) in [6.07, 6.45) is 5.77. The van der Waals surface area contributed by atoms with E-state index in [-0.39, 0.29) is 0 Å². The molecule has 166 valence electrons. The Morgan fingerprint density at radius 3 is 2.58 bits per heavy atom. The maximum Gasteiger partial charge on any atom is 0.0722 e. The van der Waals surface area contributed by atoms with Crippen molar-refractivity contribution in [3.8, 4) is 0 Å². The number of fused-ring (bicyclic) bond motifs is 2. The van der Waals surface area contributed by atoms with Crippen LogP contribution in [0.5, 0.6) is 0 Å². The van der Waals surface area contributed by atoms with Crippen LogP contribution in [-0.4, -0.2) is 16.5 Å². The van der Waals surface area contributed by atoms with Gasteiger partial charge in [-0.25, -0.2) is 0 Å². The topological polar surface area (TPSA) is 52.7 Å². The van der Waals surface area contributed by atoms with E-state index in [0.29, 0.717) is 10.0 Å². The molecule has 0 fully saturated rings. The van der Waals surface area contributed by atoms with Gasteiger partial charge in [0.25, 0.3) is 0 Å². The van der Waals surface area contributed by atoms with Crippen molar-refractivity contribution in [2.24, 2.45) is 0 Å². The van der Waals surface area contributed by atoms with E-state index in [9.17, 15) is 0 Å². The van der Waals surface area contributed by atoms with Crippen LogP contribution in [0, 0.1) is 0 Å². The van der Waals surface area contributed by atoms with Gasteiger partial charge >= 0.3 is 0 Å². The zero-order valence-electron chi connectivity index (χ0n) is 18.3. The van der Waals surface area contributed by atoms with Crippen molar-refractivity contribution in [3.05, 3.63) is 94.2 Å². The molecule has 33 heavy (non-hydrogen) atoms. The number of nitrogens with zero attached hydrogens (tertiary/aromatic N) is 1. The molecule has 0 aliphatic heterocycles. The van der Waals surface area contributed by atoms with Gasteiger partial charge in [0.05, 0.1) is 21.2 Å². The van der Waals surface area contributed by atoms with Crippen LogP contribution in [0.4, 0.5) is 17.1 Å². The largest absolute Gasteiger partial charge is 0.382 e. The van der Waals surface area contributed by atoms with E-state index in [0.717, 1.165) is 47.4 Å². The minimum absolute atomic E-state index is 0.579. The number of pyridine rings is 1. The van der Waals surface area contributed by atoms with Crippen LogP contribution in [0.3, 0.4) is 0 Å². The highest BCUT2D eigenvalue weighted by molar-refractivity contribution is 6.39. The Morgan fingerprint density at radius 2 is 1.76 bits per heavy atom. The number of hydrogen-bond acceptors (Lipinski definition) is 3. The van der Waals surface area contributed by atoms with E-state index in [1.807, 2.05) is 42.5 Å². The number of nitrogens with one attached hydrogen (secondary N) is 3. The molecule has 5 rings (SSSR count). The molecule has 0 atom stereocenters. The Bertz CT molecular complexity index is 1410. The van der Waals surface area contributed by atoms with Crippen LogP contribution < -0.4 is 10.6 Å². The average molecular weight is 475 g/mol. The Hall–Kier alpha value is -3.21. The SMILES string of the molecule is CCc1ccc2c(CCNc3c(Cl)cc(Nc4ccnc5ccccc45)cc3Cl)c[nH]c2c1. The number of anilines is 3. The van der Waals surface area contributed by atoms with Gasteiger partial charge < -0.3 is 15.6 Å². The standard InChI is InChI=1S/C27H24Cl2N4/c1-2-17-7-8-20-18(16-32-26(20)13-17)9-11-31-27-22(28)14-19(15-23(27)29)33-25-10-12-30-24-6-4-3-5-21(24)25/h3-8,10,12-16,31-32H,2,9,11H2,1H3,(H,30,33). The Labute approximate surface area is 203 Å². The van der Waals surface area contributed by atoms with Gasteiger partial charge in [0.2, 0.25) is 0 Å². The third-order valence-corrected chi connectivity index (χ3v) is 6.50. The first kappa shape index (κ1) is 21.6. The maximum atomic E-state index is 6.60. The minimum Gasteiger partial charge on any atom is -0.382 e. The fourth-order valence-corrected chi connectivity index (χ4v) is 4.78. The smallest absolute Gasteiger partial charge is 0.0722 e. The molecule has 0 aliphatic carbocycles. The third kappa shape index (κ3) is 4.50. The number of H-pyrrole nitrogens is 1. The van der Waals surface area contributed by atoms with E-state index in [4.69, 9.17) is 23.2 Å². The summed E-state index contributed by atoms with van der Waals surface area (Å²) >= 11 is 13.2. The fourth-order valence-electron chi connectivity index (χ4n) is 4.16. The van der Waals surface area contributed by atoms with Crippen molar-refractivity contribution in [1.29, 1.82) is 0 Å². The van der Waals surface area contributed by atoms with E-state index < -0.39 is 0 Å². The second-order valence-corrected chi connectivity index (χ2v) is 8.85. The lowest BCUT2D eigenvalue weighted by atomic mass is 10.1. The normalized spacial score (nSPS) is 11.2. The van der Waals surface area contributed by atoms with Crippen molar-refractivity contribution in [3.63, 3.8) is 0 Å². The van der Waals surface area contributed by atoms with Crippen LogP contribution in [-0.2, 0) is 12.8 Å². The molecule has 4 nitrogen and oxygen atoms in total. The predicted octanol–water partition coefficient (Wildman–Crippen LogP) is 7.98. The molecule has 5 aromatic rings. The average Bonchev–Trinajstić information content (AvgIpc) is 3.23. The van der Waals surface area contributed by atoms with Gasteiger partial charge in [-0.3, -0.25) is 4.98 Å². The molecule has 0 spiro atoms. The lowest BCUT2D eigenvalue weighted by molar-refractivity contribution is 1.03. The minimum atomic E-state index is 0.579. The number of aryl methyl sites for hydroxylation is 1. The summed E-state index contributed by atoms with van der Waals surface area (Å²) < 4.78 is 0. The van der Waals surface area contributed by atoms with Crippen LogP contribution in [0.25, 0.3) is 21.8 Å². The van der Waals surface area contributed by atoms with Gasteiger partial charge in [-0.1, -0.05) is 60.5 Å². The number of aromatic nitrogens is 2. The molecule has 0 aliphatic rings. The summed E-state index contributed by atoms with van der Waals surface area (Å²) in [4.78, 5) is 7.80. The number of halogens is 2. The lowest BCUT2D eigenvalue weighted by Gasteiger charge is -2.14. The van der Waals surface area contributed by atoms with Crippen LogP contribution >= 0.6 is 23.2 Å². The predicted molar refractivity (Wildman–Crippen MR) is 141 cm³/mol. The van der Waals surface area contributed by atoms with E-state index in [2.05, 4.69) is 51.9 Å². The highest BCUT2D eigenvalue weighted by Crippen LogP contribution is 2.36. The number of benzene rings is 3. The summed E-state index contributed by atoms with van der Waals surface area (Å²) in [6.45, 7) is 2.90. The first-order valence-electron chi connectivity index (χ1n) is 11.0. The summed E-state index contributed by atoms with van der Waals surface area (Å²) in [5.41, 5.74) is 7.25. The lowest BCUT2D eigenvalue weighted by Crippen LogP contribution is -2.06. The Balaban J connectivity index is 1.30. The molecule has 0 unspecified atom stereocenters. The molecule has 2 heterocycles. The third-order valence-electron chi connectivity index (χ3n) is 5.91. The zero-order valence-corrected chi connectivity index (χ0v) is 19.8. The first-order valence-corrected chi connectivity index (χ1v) is 11.8. The summed E-state index contributed by atoms with van der Waals surface area (Å²) in [5, 5.41) is 10.3. The maximum absolute atomic E-state index is 6.60. The monoisotopic (exact) mass is 474 g/mol. The molecule has 0 radical (unpaired) electrons. The molecule has 0 saturated heterocycles. The van der Waals surface area contributed by atoms with Gasteiger partial charge in [-0.2, -0.15) is 0 Å². The molecule has 0 bridgehead atoms. The van der Waals surface area contributed by atoms with Crippen LogP contribution in [0.15, 0.2) is 73.1 Å². The molecule has 3 N–H and O–H groups in total. The van der Waals surface area contributed by atoms with Crippen molar-refractivity contribution in [1.82, 2.24) is 9.97 Å². The van der Waals surface area contributed by atoms with Gasteiger partial charge in [-0.05, 0) is 54.3 Å². The van der Waals surface area contributed by atoms with Gasteiger partial charge in [0.15, 0.2) is 0 Å². The van der Waals surface area contributed by atoms with E-state index >= 15 is 0 Å². The molecular weight excluding hydrogens is 451 g/mol. The second-order valence-electron chi connectivity index (χ2n) is 8.04. The second kappa shape index (κ2) is 9.34. The number of para-hydroxylation sites is 1. The molecule has 0 amide bonds. The Morgan fingerprint density at radius 1 is 0.939 bits per heavy atom.